The third-order valence-corrected chi connectivity index (χ3v) is 3.72. The fourth-order valence-electron chi connectivity index (χ4n) is 2.09. The molecule has 2 rings (SSSR count). The number of alkyl halides is 1. The Morgan fingerprint density at radius 3 is 2.60 bits per heavy atom. The van der Waals surface area contributed by atoms with Gasteiger partial charge in [-0.3, -0.25) is 0 Å². The van der Waals surface area contributed by atoms with Crippen LogP contribution in [0.25, 0.3) is 0 Å². The molecular formula is C12H15BrFN. The summed E-state index contributed by atoms with van der Waals surface area (Å²) in [6, 6.07) is 7.59. The molecule has 0 aromatic heterocycles. The molecule has 1 unspecified atom stereocenters. The molecule has 3 heteroatoms. The number of rotatable bonds is 2. The smallest absolute Gasteiger partial charge is 0.129 e. The molecule has 1 aliphatic heterocycles. The van der Waals surface area contributed by atoms with Crippen molar-refractivity contribution >= 4 is 15.9 Å². The third-order valence-electron chi connectivity index (χ3n) is 3.00. The molecule has 1 aliphatic rings. The largest absolute Gasteiger partial charge is 0.317 e. The molecule has 0 bridgehead atoms. The highest BCUT2D eigenvalue weighted by molar-refractivity contribution is 9.10. The number of nitrogens with one attached hydrogen (secondary N) is 1. The quantitative estimate of drug-likeness (QED) is 0.869. The molecule has 1 N–H and O–H groups in total. The maximum Gasteiger partial charge on any atom is 0.129 e. The molecular weight excluding hydrogens is 257 g/mol. The standard InChI is InChI=1S/C12H15BrFN/c13-11-4-2-1-3-10(11)12(14)9-5-7-15-8-6-9/h1-4,9,12,15H,5-8H2. The Morgan fingerprint density at radius 2 is 1.93 bits per heavy atom. The maximum absolute atomic E-state index is 14.2. The van der Waals surface area contributed by atoms with Gasteiger partial charge < -0.3 is 5.32 Å². The summed E-state index contributed by atoms with van der Waals surface area (Å²) in [5.74, 6) is 0.171. The van der Waals surface area contributed by atoms with Crippen molar-refractivity contribution in [1.29, 1.82) is 0 Å². The van der Waals surface area contributed by atoms with Crippen LogP contribution in [0.2, 0.25) is 0 Å². The molecule has 0 radical (unpaired) electrons. The molecule has 0 spiro atoms. The van der Waals surface area contributed by atoms with Gasteiger partial charge in [0.1, 0.15) is 6.17 Å². The fourth-order valence-corrected chi connectivity index (χ4v) is 2.59. The minimum atomic E-state index is -0.831. The van der Waals surface area contributed by atoms with E-state index in [1.54, 1.807) is 0 Å². The lowest BCUT2D eigenvalue weighted by Gasteiger charge is -2.26. The van der Waals surface area contributed by atoms with E-state index in [4.69, 9.17) is 0 Å². The molecule has 1 aromatic carbocycles. The Hall–Kier alpha value is -0.410. The van der Waals surface area contributed by atoms with Crippen molar-refractivity contribution in [3.8, 4) is 0 Å². The third kappa shape index (κ3) is 2.58. The van der Waals surface area contributed by atoms with Gasteiger partial charge in [-0.2, -0.15) is 0 Å². The number of hydrogen-bond donors (Lipinski definition) is 1. The van der Waals surface area contributed by atoms with E-state index in [9.17, 15) is 4.39 Å². The number of halogens is 2. The van der Waals surface area contributed by atoms with Gasteiger partial charge in [0, 0.05) is 10.0 Å². The van der Waals surface area contributed by atoms with Crippen LogP contribution in [0.5, 0.6) is 0 Å². The van der Waals surface area contributed by atoms with E-state index in [-0.39, 0.29) is 5.92 Å². The predicted octanol–water partition coefficient (Wildman–Crippen LogP) is 3.46. The molecule has 1 nitrogen and oxygen atoms in total. The van der Waals surface area contributed by atoms with E-state index < -0.39 is 6.17 Å². The topological polar surface area (TPSA) is 12.0 Å². The van der Waals surface area contributed by atoms with E-state index in [0.717, 1.165) is 36.0 Å². The second-order valence-corrected chi connectivity index (χ2v) is 4.87. The van der Waals surface area contributed by atoms with Gasteiger partial charge in [-0.15, -0.1) is 0 Å². The van der Waals surface area contributed by atoms with Gasteiger partial charge in [0.15, 0.2) is 0 Å². The van der Waals surface area contributed by atoms with Crippen LogP contribution in [-0.2, 0) is 0 Å². The van der Waals surface area contributed by atoms with Crippen LogP contribution in [0.1, 0.15) is 24.6 Å². The van der Waals surface area contributed by atoms with Crippen molar-refractivity contribution in [2.24, 2.45) is 5.92 Å². The number of piperidine rings is 1. The minimum Gasteiger partial charge on any atom is -0.317 e. The van der Waals surface area contributed by atoms with Crippen molar-refractivity contribution in [3.05, 3.63) is 34.3 Å². The normalized spacial score (nSPS) is 20.1. The lowest BCUT2D eigenvalue weighted by atomic mass is 9.89. The first-order chi connectivity index (χ1) is 7.29. The number of hydrogen-bond acceptors (Lipinski definition) is 1. The molecule has 1 heterocycles. The lowest BCUT2D eigenvalue weighted by molar-refractivity contribution is 0.190. The van der Waals surface area contributed by atoms with Crippen molar-refractivity contribution in [1.82, 2.24) is 5.32 Å². The van der Waals surface area contributed by atoms with Gasteiger partial charge in [0.25, 0.3) is 0 Å². The highest BCUT2D eigenvalue weighted by Crippen LogP contribution is 2.35. The van der Waals surface area contributed by atoms with Crippen LogP contribution < -0.4 is 5.32 Å². The van der Waals surface area contributed by atoms with Gasteiger partial charge >= 0.3 is 0 Å². The van der Waals surface area contributed by atoms with Gasteiger partial charge in [-0.1, -0.05) is 34.1 Å². The summed E-state index contributed by atoms with van der Waals surface area (Å²) in [7, 11) is 0. The van der Waals surface area contributed by atoms with Crippen molar-refractivity contribution in [2.45, 2.75) is 19.0 Å². The first-order valence-corrected chi connectivity index (χ1v) is 6.17. The monoisotopic (exact) mass is 271 g/mol. The van der Waals surface area contributed by atoms with E-state index in [2.05, 4.69) is 21.2 Å². The lowest BCUT2D eigenvalue weighted by Crippen LogP contribution is -2.29. The first-order valence-electron chi connectivity index (χ1n) is 5.38. The molecule has 1 aromatic rings. The minimum absolute atomic E-state index is 0.171. The number of benzene rings is 1. The SMILES string of the molecule is FC(c1ccccc1Br)C1CCNCC1. The highest BCUT2D eigenvalue weighted by Gasteiger charge is 2.25. The zero-order valence-electron chi connectivity index (χ0n) is 8.55. The Kier molecular flexibility index (Phi) is 3.76. The van der Waals surface area contributed by atoms with Crippen LogP contribution in [0.15, 0.2) is 28.7 Å². The van der Waals surface area contributed by atoms with Gasteiger partial charge in [0.05, 0.1) is 0 Å². The molecule has 15 heavy (non-hydrogen) atoms. The second kappa shape index (κ2) is 5.08. The van der Waals surface area contributed by atoms with E-state index in [1.165, 1.54) is 0 Å². The predicted molar refractivity (Wildman–Crippen MR) is 63.6 cm³/mol. The summed E-state index contributed by atoms with van der Waals surface area (Å²) in [4.78, 5) is 0. The van der Waals surface area contributed by atoms with E-state index >= 15 is 0 Å². The highest BCUT2D eigenvalue weighted by atomic mass is 79.9. The van der Waals surface area contributed by atoms with Gasteiger partial charge in [0.2, 0.25) is 0 Å². The van der Waals surface area contributed by atoms with Crippen LogP contribution in [0.3, 0.4) is 0 Å². The summed E-state index contributed by atoms with van der Waals surface area (Å²) in [6.45, 7) is 1.88. The second-order valence-electron chi connectivity index (χ2n) is 4.01. The fraction of sp³-hybridized carbons (Fsp3) is 0.500. The van der Waals surface area contributed by atoms with Crippen molar-refractivity contribution in [2.75, 3.05) is 13.1 Å². The zero-order chi connectivity index (χ0) is 10.7. The first kappa shape index (κ1) is 11.1. The molecule has 0 saturated carbocycles. The Bertz CT molecular complexity index is 323. The summed E-state index contributed by atoms with van der Waals surface area (Å²) in [5.41, 5.74) is 0.796. The van der Waals surface area contributed by atoms with Crippen molar-refractivity contribution < 1.29 is 4.39 Å². The Morgan fingerprint density at radius 1 is 1.27 bits per heavy atom. The Labute approximate surface area is 98.2 Å². The summed E-state index contributed by atoms with van der Waals surface area (Å²) in [5, 5.41) is 3.26. The zero-order valence-corrected chi connectivity index (χ0v) is 10.1. The molecule has 1 atom stereocenters. The van der Waals surface area contributed by atoms with Crippen LogP contribution in [-0.4, -0.2) is 13.1 Å². The van der Waals surface area contributed by atoms with E-state index in [0.29, 0.717) is 0 Å². The van der Waals surface area contributed by atoms with Gasteiger partial charge in [-0.25, -0.2) is 4.39 Å². The summed E-state index contributed by atoms with van der Waals surface area (Å²) >= 11 is 3.41. The van der Waals surface area contributed by atoms with Gasteiger partial charge in [-0.05, 0) is 37.9 Å². The molecule has 0 aliphatic carbocycles. The van der Waals surface area contributed by atoms with Crippen LogP contribution in [0, 0.1) is 5.92 Å². The van der Waals surface area contributed by atoms with Crippen LogP contribution >= 0.6 is 15.9 Å². The average molecular weight is 272 g/mol. The molecule has 82 valence electrons. The van der Waals surface area contributed by atoms with E-state index in [1.807, 2.05) is 24.3 Å². The van der Waals surface area contributed by atoms with Crippen molar-refractivity contribution in [3.63, 3.8) is 0 Å². The maximum atomic E-state index is 14.2. The average Bonchev–Trinajstić information content (AvgIpc) is 2.30. The molecule has 0 amide bonds. The summed E-state index contributed by atoms with van der Waals surface area (Å²) in [6.07, 6.45) is 1.04. The molecule has 1 fully saturated rings. The molecule has 1 saturated heterocycles. The van der Waals surface area contributed by atoms with Crippen LogP contribution in [0.4, 0.5) is 4.39 Å². The Balaban J connectivity index is 2.12. The summed E-state index contributed by atoms with van der Waals surface area (Å²) < 4.78 is 15.1.